The van der Waals surface area contributed by atoms with Crippen molar-refractivity contribution in [2.24, 2.45) is 5.92 Å². The van der Waals surface area contributed by atoms with E-state index in [0.717, 1.165) is 15.6 Å². The Balaban J connectivity index is 2.12. The summed E-state index contributed by atoms with van der Waals surface area (Å²) in [6.45, 7) is 0. The first kappa shape index (κ1) is 11.8. The van der Waals surface area contributed by atoms with Crippen molar-refractivity contribution >= 4 is 32.2 Å². The van der Waals surface area contributed by atoms with Crippen LogP contribution in [0.15, 0.2) is 65.6 Å². The second kappa shape index (κ2) is 4.27. The van der Waals surface area contributed by atoms with Crippen LogP contribution in [-0.4, -0.2) is 15.2 Å². The fraction of sp³-hybridized carbons (Fsp3) is 0.0588. The van der Waals surface area contributed by atoms with E-state index < -0.39 is 10.8 Å². The van der Waals surface area contributed by atoms with Crippen LogP contribution in [-0.2, 0) is 10.8 Å². The summed E-state index contributed by atoms with van der Waals surface area (Å²) in [6.07, 6.45) is 7.36. The van der Waals surface area contributed by atoms with E-state index in [9.17, 15) is 9.35 Å². The van der Waals surface area contributed by atoms with Gasteiger partial charge in [-0.1, -0.05) is 42.5 Å². The first-order chi connectivity index (χ1) is 9.77. The summed E-state index contributed by atoms with van der Waals surface area (Å²) in [6, 6.07) is 11.6. The zero-order valence-corrected chi connectivity index (χ0v) is 11.5. The van der Waals surface area contributed by atoms with E-state index in [0.29, 0.717) is 10.5 Å². The molecule has 2 unspecified atom stereocenters. The molecular weight excluding hydrogens is 268 g/mol. The minimum Gasteiger partial charge on any atom is -0.646 e. The number of fused-ring (bicyclic) bond motifs is 4. The number of carbonyl (C=O) groups is 1. The molecule has 1 aliphatic carbocycles. The lowest BCUT2D eigenvalue weighted by Gasteiger charge is -2.26. The summed E-state index contributed by atoms with van der Waals surface area (Å²) < 4.78 is 12.7. The first-order valence-electron chi connectivity index (χ1n) is 6.52. The number of ketones is 1. The fourth-order valence-corrected chi connectivity index (χ4v) is 4.53. The van der Waals surface area contributed by atoms with Gasteiger partial charge in [-0.25, -0.2) is 0 Å². The number of allylic oxidation sites excluding steroid dienone is 4. The van der Waals surface area contributed by atoms with Crippen molar-refractivity contribution in [2.45, 2.75) is 4.90 Å². The Morgan fingerprint density at radius 2 is 1.90 bits per heavy atom. The molecule has 1 aliphatic heterocycles. The molecule has 0 bridgehead atoms. The highest BCUT2D eigenvalue weighted by Gasteiger charge is 2.35. The number of hydrogen-bond acceptors (Lipinski definition) is 2. The topological polar surface area (TPSA) is 40.1 Å². The predicted molar refractivity (Wildman–Crippen MR) is 82.9 cm³/mol. The average Bonchev–Trinajstić information content (AvgIpc) is 2.51. The standard InChI is InChI=1S/C17H12O2S/c18-17-13-7-3-4-8-14(13)20(19)15-10-9-11-5-1-2-6-12(11)16(15)17/h1-10,13,20H. The average molecular weight is 280 g/mol. The monoisotopic (exact) mass is 280 g/mol. The van der Waals surface area contributed by atoms with Crippen LogP contribution in [0, 0.1) is 5.92 Å². The van der Waals surface area contributed by atoms with E-state index in [-0.39, 0.29) is 11.7 Å². The minimum absolute atomic E-state index is 0.0574. The van der Waals surface area contributed by atoms with Crippen molar-refractivity contribution in [3.63, 3.8) is 0 Å². The van der Waals surface area contributed by atoms with Crippen molar-refractivity contribution in [3.05, 3.63) is 66.3 Å². The maximum Gasteiger partial charge on any atom is 0.183 e. The lowest BCUT2D eigenvalue weighted by atomic mass is 9.88. The molecule has 0 saturated heterocycles. The number of benzene rings is 2. The third-order valence-corrected chi connectivity index (χ3v) is 5.60. The van der Waals surface area contributed by atoms with Crippen LogP contribution in [0.4, 0.5) is 0 Å². The number of rotatable bonds is 0. The van der Waals surface area contributed by atoms with Gasteiger partial charge in [-0.15, -0.1) is 10.8 Å². The second-order valence-electron chi connectivity index (χ2n) is 4.99. The van der Waals surface area contributed by atoms with E-state index in [1.165, 1.54) is 0 Å². The fourth-order valence-electron chi connectivity index (χ4n) is 2.93. The molecule has 2 nitrogen and oxygen atoms in total. The Hall–Kier alpha value is -1.97. The summed E-state index contributed by atoms with van der Waals surface area (Å²) in [5.74, 6) is -0.302. The Morgan fingerprint density at radius 3 is 2.80 bits per heavy atom. The quantitative estimate of drug-likeness (QED) is 0.423. The van der Waals surface area contributed by atoms with Crippen molar-refractivity contribution in [3.8, 4) is 0 Å². The van der Waals surface area contributed by atoms with E-state index in [4.69, 9.17) is 0 Å². The molecule has 2 aromatic carbocycles. The second-order valence-corrected chi connectivity index (χ2v) is 6.57. The van der Waals surface area contributed by atoms with Crippen LogP contribution in [0.1, 0.15) is 10.4 Å². The van der Waals surface area contributed by atoms with Gasteiger partial charge in [-0.2, -0.15) is 0 Å². The summed E-state index contributed by atoms with van der Waals surface area (Å²) in [4.78, 5) is 14.2. The van der Waals surface area contributed by atoms with Crippen LogP contribution < -0.4 is 0 Å². The van der Waals surface area contributed by atoms with Gasteiger partial charge in [0.2, 0.25) is 0 Å². The van der Waals surface area contributed by atoms with Gasteiger partial charge < -0.3 is 4.55 Å². The Bertz CT molecular complexity index is 843. The number of Topliss-reactive ketones (excluding diaryl/α,β-unsaturated/α-hetero) is 1. The molecule has 0 amide bonds. The van der Waals surface area contributed by atoms with Crippen LogP contribution in [0.3, 0.4) is 0 Å². The summed E-state index contributed by atoms with van der Waals surface area (Å²) in [5, 5.41) is 1.92. The van der Waals surface area contributed by atoms with E-state index in [2.05, 4.69) is 0 Å². The van der Waals surface area contributed by atoms with Gasteiger partial charge in [-0.05, 0) is 29.0 Å². The van der Waals surface area contributed by atoms with Gasteiger partial charge in [0.15, 0.2) is 5.78 Å². The predicted octanol–water partition coefficient (Wildman–Crippen LogP) is 2.79. The molecule has 0 saturated carbocycles. The number of carbonyl (C=O) groups excluding carboxylic acids is 1. The van der Waals surface area contributed by atoms with Gasteiger partial charge in [-0.3, -0.25) is 4.79 Å². The highest BCUT2D eigenvalue weighted by molar-refractivity contribution is 7.91. The maximum absolute atomic E-state index is 12.8. The molecule has 2 aliphatic rings. The highest BCUT2D eigenvalue weighted by Crippen LogP contribution is 2.33. The third kappa shape index (κ3) is 1.51. The lowest BCUT2D eigenvalue weighted by Crippen LogP contribution is -2.31. The molecule has 2 aromatic rings. The summed E-state index contributed by atoms with van der Waals surface area (Å²) >= 11 is 0. The molecule has 1 heterocycles. The smallest absolute Gasteiger partial charge is 0.183 e. The van der Waals surface area contributed by atoms with Gasteiger partial charge in [0.1, 0.15) is 15.7 Å². The van der Waals surface area contributed by atoms with Crippen molar-refractivity contribution < 1.29 is 9.35 Å². The van der Waals surface area contributed by atoms with Crippen LogP contribution in [0.25, 0.3) is 10.8 Å². The summed E-state index contributed by atoms with van der Waals surface area (Å²) in [5.41, 5.74) is 0.637. The van der Waals surface area contributed by atoms with Gasteiger partial charge in [0.25, 0.3) is 0 Å². The molecule has 98 valence electrons. The van der Waals surface area contributed by atoms with Gasteiger partial charge >= 0.3 is 0 Å². The molecule has 4 rings (SSSR count). The normalized spacial score (nSPS) is 23.9. The molecule has 0 fully saturated rings. The molecule has 3 heteroatoms. The van der Waals surface area contributed by atoms with Crippen LogP contribution in [0.5, 0.6) is 0 Å². The molecule has 0 spiro atoms. The third-order valence-electron chi connectivity index (χ3n) is 3.89. The van der Waals surface area contributed by atoms with Crippen molar-refractivity contribution in [1.82, 2.24) is 0 Å². The number of hydrogen-bond donors (Lipinski definition) is 0. The Morgan fingerprint density at radius 1 is 1.05 bits per heavy atom. The molecular formula is C17H12O2S. The van der Waals surface area contributed by atoms with E-state index in [1.54, 1.807) is 0 Å². The zero-order valence-electron chi connectivity index (χ0n) is 10.6. The lowest BCUT2D eigenvalue weighted by molar-refractivity contribution is 0.0970. The van der Waals surface area contributed by atoms with Gasteiger partial charge in [0.05, 0.1) is 5.56 Å². The molecule has 20 heavy (non-hydrogen) atoms. The molecule has 0 radical (unpaired) electrons. The molecule has 0 N–H and O–H groups in total. The van der Waals surface area contributed by atoms with Crippen LogP contribution in [0.2, 0.25) is 0 Å². The summed E-state index contributed by atoms with van der Waals surface area (Å²) in [7, 11) is -1.66. The first-order valence-corrected chi connectivity index (χ1v) is 7.78. The largest absolute Gasteiger partial charge is 0.646 e. The van der Waals surface area contributed by atoms with E-state index >= 15 is 0 Å². The Kier molecular flexibility index (Phi) is 2.52. The van der Waals surface area contributed by atoms with E-state index in [1.807, 2.05) is 60.7 Å². The van der Waals surface area contributed by atoms with Gasteiger partial charge in [0, 0.05) is 0 Å². The highest BCUT2D eigenvalue weighted by atomic mass is 32.2. The van der Waals surface area contributed by atoms with Crippen LogP contribution >= 0.6 is 0 Å². The van der Waals surface area contributed by atoms with Crippen molar-refractivity contribution in [1.29, 1.82) is 0 Å². The minimum atomic E-state index is -1.66. The number of thiol groups is 1. The van der Waals surface area contributed by atoms with Crippen molar-refractivity contribution in [2.75, 3.05) is 0 Å². The molecule has 0 aromatic heterocycles. The zero-order chi connectivity index (χ0) is 13.7. The molecule has 2 atom stereocenters. The SMILES string of the molecule is O=C1c2c(ccc3ccccc23)[SH+]([O-])=C2C=CC=CC12. The maximum atomic E-state index is 12.8. The Labute approximate surface area is 119 Å².